The normalized spacial score (nSPS) is 19.4. The maximum Gasteiger partial charge on any atom is 0.350 e. The van der Waals surface area contributed by atoms with Crippen molar-refractivity contribution in [3.05, 3.63) is 45.0 Å². The molecule has 0 saturated carbocycles. The lowest BCUT2D eigenvalue weighted by atomic mass is 10.2. The van der Waals surface area contributed by atoms with Crippen molar-refractivity contribution in [2.45, 2.75) is 18.9 Å². The Kier molecular flexibility index (Phi) is 2.93. The van der Waals surface area contributed by atoms with Crippen LogP contribution in [0.4, 0.5) is 5.69 Å². The van der Waals surface area contributed by atoms with Crippen LogP contribution in [0.3, 0.4) is 0 Å². The molecular weight excluding hydrogens is 304 g/mol. The summed E-state index contributed by atoms with van der Waals surface area (Å²) in [6.07, 6.45) is 0.759. The summed E-state index contributed by atoms with van der Waals surface area (Å²) < 4.78 is 10.6. The third kappa shape index (κ3) is 2.26. The molecule has 2 aliphatic heterocycles. The van der Waals surface area contributed by atoms with E-state index in [1.165, 1.54) is 4.90 Å². The Hall–Kier alpha value is -3.10. The highest BCUT2D eigenvalue weighted by molar-refractivity contribution is 5.96. The van der Waals surface area contributed by atoms with Gasteiger partial charge in [-0.1, -0.05) is 0 Å². The molecule has 9 nitrogen and oxygen atoms in total. The summed E-state index contributed by atoms with van der Waals surface area (Å²) in [4.78, 5) is 45.0. The second-order valence-electron chi connectivity index (χ2n) is 5.24. The SMILES string of the molecule is O=C1CCC(c2nc(=O)[nH]c(=O)[nH]2)N1c1ccc2c(c1)OCO2. The lowest BCUT2D eigenvalue weighted by molar-refractivity contribution is -0.117. The zero-order valence-corrected chi connectivity index (χ0v) is 11.9. The van der Waals surface area contributed by atoms with Crippen molar-refractivity contribution in [3.8, 4) is 11.5 Å². The van der Waals surface area contributed by atoms with Crippen molar-refractivity contribution >= 4 is 11.6 Å². The number of hydrogen-bond donors (Lipinski definition) is 2. The minimum absolute atomic E-state index is 0.114. The number of H-pyrrole nitrogens is 2. The van der Waals surface area contributed by atoms with E-state index in [-0.39, 0.29) is 18.5 Å². The monoisotopic (exact) mass is 316 g/mol. The number of fused-ring (bicyclic) bond motifs is 1. The van der Waals surface area contributed by atoms with E-state index in [4.69, 9.17) is 9.47 Å². The van der Waals surface area contributed by atoms with Crippen LogP contribution in [-0.4, -0.2) is 27.7 Å². The van der Waals surface area contributed by atoms with Crippen LogP contribution in [-0.2, 0) is 4.79 Å². The molecule has 0 spiro atoms. The molecule has 0 radical (unpaired) electrons. The lowest BCUT2D eigenvalue weighted by Crippen LogP contribution is -2.33. The number of rotatable bonds is 2. The van der Waals surface area contributed by atoms with Gasteiger partial charge in [0.1, 0.15) is 5.82 Å². The smallest absolute Gasteiger partial charge is 0.350 e. The molecule has 9 heteroatoms. The number of carbonyl (C=O) groups excluding carboxylic acids is 1. The maximum absolute atomic E-state index is 12.3. The van der Waals surface area contributed by atoms with Gasteiger partial charge in [0.15, 0.2) is 11.5 Å². The first-order chi connectivity index (χ1) is 11.1. The topological polar surface area (TPSA) is 117 Å². The van der Waals surface area contributed by atoms with E-state index in [0.29, 0.717) is 30.0 Å². The fourth-order valence-corrected chi connectivity index (χ4v) is 2.87. The van der Waals surface area contributed by atoms with Crippen LogP contribution in [0.2, 0.25) is 0 Å². The standard InChI is InChI=1S/C14H12N4O5/c19-11-4-2-8(12-15-13(20)17-14(21)16-12)18(11)7-1-3-9-10(5-7)23-6-22-9/h1,3,5,8H,2,4,6H2,(H2,15,16,17,20,21). The Bertz CT molecular complexity index is 874. The third-order valence-electron chi connectivity index (χ3n) is 3.85. The fraction of sp³-hybridized carbons (Fsp3) is 0.286. The molecule has 4 rings (SSSR count). The molecular formula is C14H12N4O5. The fourth-order valence-electron chi connectivity index (χ4n) is 2.87. The first-order valence-corrected chi connectivity index (χ1v) is 7.04. The zero-order chi connectivity index (χ0) is 16.0. The second kappa shape index (κ2) is 4.97. The van der Waals surface area contributed by atoms with Gasteiger partial charge < -0.3 is 14.4 Å². The average molecular weight is 316 g/mol. The minimum atomic E-state index is -0.742. The highest BCUT2D eigenvalue weighted by Crippen LogP contribution is 2.40. The van der Waals surface area contributed by atoms with E-state index >= 15 is 0 Å². The lowest BCUT2D eigenvalue weighted by Gasteiger charge is -2.24. The molecule has 1 amide bonds. The zero-order valence-electron chi connectivity index (χ0n) is 11.9. The summed E-state index contributed by atoms with van der Waals surface area (Å²) in [5, 5.41) is 0. The molecule has 23 heavy (non-hydrogen) atoms. The Morgan fingerprint density at radius 1 is 1.13 bits per heavy atom. The van der Waals surface area contributed by atoms with E-state index in [2.05, 4.69) is 9.97 Å². The van der Waals surface area contributed by atoms with Gasteiger partial charge in [0.25, 0.3) is 0 Å². The molecule has 1 atom stereocenters. The number of nitrogens with zero attached hydrogens (tertiary/aromatic N) is 2. The number of anilines is 1. The van der Waals surface area contributed by atoms with E-state index < -0.39 is 17.4 Å². The van der Waals surface area contributed by atoms with Crippen molar-refractivity contribution in [2.75, 3.05) is 11.7 Å². The number of aromatic nitrogens is 3. The number of amides is 1. The Balaban J connectivity index is 1.77. The molecule has 2 aliphatic rings. The predicted molar refractivity (Wildman–Crippen MR) is 77.5 cm³/mol. The number of carbonyl (C=O) groups is 1. The van der Waals surface area contributed by atoms with Gasteiger partial charge >= 0.3 is 11.4 Å². The number of ether oxygens (including phenoxy) is 2. The largest absolute Gasteiger partial charge is 0.454 e. The molecule has 3 heterocycles. The first-order valence-electron chi connectivity index (χ1n) is 7.04. The molecule has 1 aromatic heterocycles. The molecule has 0 aliphatic carbocycles. The highest BCUT2D eigenvalue weighted by atomic mass is 16.7. The first kappa shape index (κ1) is 13.6. The average Bonchev–Trinajstić information content (AvgIpc) is 3.11. The van der Waals surface area contributed by atoms with Crippen LogP contribution < -0.4 is 25.8 Å². The van der Waals surface area contributed by atoms with Crippen molar-refractivity contribution in [1.82, 2.24) is 15.0 Å². The van der Waals surface area contributed by atoms with E-state index in [9.17, 15) is 14.4 Å². The minimum Gasteiger partial charge on any atom is -0.454 e. The van der Waals surface area contributed by atoms with Crippen LogP contribution >= 0.6 is 0 Å². The molecule has 1 saturated heterocycles. The quantitative estimate of drug-likeness (QED) is 0.808. The van der Waals surface area contributed by atoms with Crippen LogP contribution in [0.5, 0.6) is 11.5 Å². The molecule has 1 aromatic carbocycles. The van der Waals surface area contributed by atoms with Gasteiger partial charge in [0, 0.05) is 18.2 Å². The molecule has 2 N–H and O–H groups in total. The van der Waals surface area contributed by atoms with Gasteiger partial charge in [-0.2, -0.15) is 4.98 Å². The summed E-state index contributed by atoms with van der Waals surface area (Å²) in [7, 11) is 0. The molecule has 2 aromatic rings. The molecule has 118 valence electrons. The number of hydrogen-bond acceptors (Lipinski definition) is 6. The van der Waals surface area contributed by atoms with Crippen molar-refractivity contribution < 1.29 is 14.3 Å². The number of benzene rings is 1. The summed E-state index contributed by atoms with van der Waals surface area (Å²) in [5.74, 6) is 1.21. The predicted octanol–water partition coefficient (Wildman–Crippen LogP) is 0.0550. The highest BCUT2D eigenvalue weighted by Gasteiger charge is 2.35. The summed E-state index contributed by atoms with van der Waals surface area (Å²) in [6, 6.07) is 4.64. The van der Waals surface area contributed by atoms with Crippen LogP contribution in [0.15, 0.2) is 27.8 Å². The second-order valence-corrected chi connectivity index (χ2v) is 5.24. The summed E-state index contributed by atoms with van der Waals surface area (Å²) >= 11 is 0. The van der Waals surface area contributed by atoms with Crippen molar-refractivity contribution in [1.29, 1.82) is 0 Å². The number of nitrogens with one attached hydrogen (secondary N) is 2. The third-order valence-corrected chi connectivity index (χ3v) is 3.85. The molecule has 0 bridgehead atoms. The van der Waals surface area contributed by atoms with Crippen LogP contribution in [0.1, 0.15) is 24.7 Å². The molecule has 1 unspecified atom stereocenters. The Labute approximate surface area is 128 Å². The Morgan fingerprint density at radius 3 is 2.78 bits per heavy atom. The van der Waals surface area contributed by atoms with Gasteiger partial charge in [0.2, 0.25) is 12.7 Å². The van der Waals surface area contributed by atoms with Crippen LogP contribution in [0, 0.1) is 0 Å². The van der Waals surface area contributed by atoms with E-state index in [1.54, 1.807) is 18.2 Å². The van der Waals surface area contributed by atoms with Gasteiger partial charge in [-0.3, -0.25) is 14.8 Å². The van der Waals surface area contributed by atoms with Gasteiger partial charge in [0.05, 0.1) is 6.04 Å². The summed E-state index contributed by atoms with van der Waals surface area (Å²) in [6.45, 7) is 0.138. The maximum atomic E-state index is 12.3. The van der Waals surface area contributed by atoms with Gasteiger partial charge in [-0.25, -0.2) is 9.59 Å². The number of aromatic amines is 2. The van der Waals surface area contributed by atoms with Gasteiger partial charge in [-0.05, 0) is 18.6 Å². The van der Waals surface area contributed by atoms with E-state index in [1.807, 2.05) is 4.98 Å². The van der Waals surface area contributed by atoms with Crippen molar-refractivity contribution in [2.24, 2.45) is 0 Å². The van der Waals surface area contributed by atoms with Gasteiger partial charge in [-0.15, -0.1) is 0 Å². The van der Waals surface area contributed by atoms with E-state index in [0.717, 1.165) is 0 Å². The van der Waals surface area contributed by atoms with Crippen LogP contribution in [0.25, 0.3) is 0 Å². The Morgan fingerprint density at radius 2 is 1.96 bits per heavy atom. The summed E-state index contributed by atoms with van der Waals surface area (Å²) in [5.41, 5.74) is -0.789. The molecule has 1 fully saturated rings. The van der Waals surface area contributed by atoms with Crippen molar-refractivity contribution in [3.63, 3.8) is 0 Å².